The number of rotatable bonds is 6. The van der Waals surface area contributed by atoms with E-state index in [0.717, 1.165) is 25.7 Å². The van der Waals surface area contributed by atoms with Crippen LogP contribution in [0.4, 0.5) is 0 Å². The minimum atomic E-state index is 0.200. The molecule has 0 aliphatic heterocycles. The monoisotopic (exact) mass is 212 g/mol. The number of nitrogens with one attached hydrogen (secondary N) is 1. The van der Waals surface area contributed by atoms with Crippen LogP contribution in [0, 0.1) is 5.92 Å². The van der Waals surface area contributed by atoms with E-state index in [9.17, 15) is 4.79 Å². The number of amides is 1. The van der Waals surface area contributed by atoms with Gasteiger partial charge in [-0.05, 0) is 31.7 Å². The van der Waals surface area contributed by atoms with Crippen molar-refractivity contribution in [3.8, 4) is 0 Å². The summed E-state index contributed by atoms with van der Waals surface area (Å²) >= 11 is 0. The Morgan fingerprint density at radius 3 is 2.67 bits per heavy atom. The van der Waals surface area contributed by atoms with Crippen LogP contribution in [0.3, 0.4) is 0 Å². The molecule has 15 heavy (non-hydrogen) atoms. The molecule has 3 N–H and O–H groups in total. The average Bonchev–Trinajstić information content (AvgIpc) is 2.69. The zero-order chi connectivity index (χ0) is 11.1. The smallest absolute Gasteiger partial charge is 0.220 e. The summed E-state index contributed by atoms with van der Waals surface area (Å²) in [5.41, 5.74) is 5.64. The van der Waals surface area contributed by atoms with Gasteiger partial charge in [0.25, 0.3) is 0 Å². The van der Waals surface area contributed by atoms with Gasteiger partial charge in [0.2, 0.25) is 5.91 Å². The third-order valence-corrected chi connectivity index (χ3v) is 3.22. The Bertz CT molecular complexity index is 188. The largest absolute Gasteiger partial charge is 0.353 e. The third-order valence-electron chi connectivity index (χ3n) is 3.22. The highest BCUT2D eigenvalue weighted by molar-refractivity contribution is 5.76. The Labute approximate surface area is 92.8 Å². The van der Waals surface area contributed by atoms with Gasteiger partial charge in [-0.2, -0.15) is 0 Å². The molecule has 1 aliphatic rings. The highest BCUT2D eigenvalue weighted by Gasteiger charge is 2.18. The van der Waals surface area contributed by atoms with E-state index < -0.39 is 0 Å². The quantitative estimate of drug-likeness (QED) is 0.705. The van der Waals surface area contributed by atoms with Crippen molar-refractivity contribution in [1.82, 2.24) is 5.32 Å². The fourth-order valence-electron chi connectivity index (χ4n) is 2.33. The Morgan fingerprint density at radius 1 is 1.47 bits per heavy atom. The minimum Gasteiger partial charge on any atom is -0.353 e. The summed E-state index contributed by atoms with van der Waals surface area (Å²) in [7, 11) is 0. The van der Waals surface area contributed by atoms with Crippen LogP contribution in [0.2, 0.25) is 0 Å². The van der Waals surface area contributed by atoms with Gasteiger partial charge in [0.15, 0.2) is 0 Å². The van der Waals surface area contributed by atoms with Crippen molar-refractivity contribution < 1.29 is 4.79 Å². The summed E-state index contributed by atoms with van der Waals surface area (Å²) in [6, 6.07) is 0.442. The van der Waals surface area contributed by atoms with E-state index in [4.69, 9.17) is 5.73 Å². The lowest BCUT2D eigenvalue weighted by molar-refractivity contribution is -0.122. The minimum absolute atomic E-state index is 0.200. The van der Waals surface area contributed by atoms with Gasteiger partial charge in [0.05, 0.1) is 0 Å². The van der Waals surface area contributed by atoms with E-state index in [1.807, 2.05) is 0 Å². The first-order valence-corrected chi connectivity index (χ1v) is 6.25. The maximum Gasteiger partial charge on any atom is 0.220 e. The fraction of sp³-hybridized carbons (Fsp3) is 0.917. The topological polar surface area (TPSA) is 55.1 Å². The van der Waals surface area contributed by atoms with Gasteiger partial charge < -0.3 is 11.1 Å². The molecule has 88 valence electrons. The van der Waals surface area contributed by atoms with E-state index >= 15 is 0 Å². The average molecular weight is 212 g/mol. The second-order valence-corrected chi connectivity index (χ2v) is 4.64. The van der Waals surface area contributed by atoms with Crippen molar-refractivity contribution >= 4 is 5.91 Å². The van der Waals surface area contributed by atoms with Crippen LogP contribution in [-0.2, 0) is 4.79 Å². The molecule has 1 unspecified atom stereocenters. The first-order chi connectivity index (χ1) is 7.26. The maximum atomic E-state index is 11.7. The molecule has 3 nitrogen and oxygen atoms in total. The van der Waals surface area contributed by atoms with E-state index in [0.29, 0.717) is 24.9 Å². The molecule has 1 saturated carbocycles. The molecule has 1 amide bonds. The highest BCUT2D eigenvalue weighted by atomic mass is 16.1. The first-order valence-electron chi connectivity index (χ1n) is 6.25. The molecule has 1 atom stereocenters. The molecule has 1 rings (SSSR count). The molecule has 1 aliphatic carbocycles. The molecule has 3 heteroatoms. The first kappa shape index (κ1) is 12.5. The second-order valence-electron chi connectivity index (χ2n) is 4.64. The molecule has 0 saturated heterocycles. The van der Waals surface area contributed by atoms with E-state index in [1.165, 1.54) is 12.8 Å². The molecule has 0 aromatic carbocycles. The van der Waals surface area contributed by atoms with Crippen molar-refractivity contribution in [2.24, 2.45) is 11.7 Å². The van der Waals surface area contributed by atoms with Crippen LogP contribution in [-0.4, -0.2) is 18.5 Å². The van der Waals surface area contributed by atoms with E-state index in [2.05, 4.69) is 12.2 Å². The predicted octanol–water partition coefficient (Wildman–Crippen LogP) is 1.81. The lowest BCUT2D eigenvalue weighted by atomic mass is 9.99. The molecule has 0 radical (unpaired) electrons. The Morgan fingerprint density at radius 2 is 2.13 bits per heavy atom. The highest BCUT2D eigenvalue weighted by Crippen LogP contribution is 2.18. The zero-order valence-electron chi connectivity index (χ0n) is 9.80. The summed E-state index contributed by atoms with van der Waals surface area (Å²) in [4.78, 5) is 11.7. The number of hydrogen-bond acceptors (Lipinski definition) is 2. The van der Waals surface area contributed by atoms with Crippen LogP contribution in [0.1, 0.15) is 51.9 Å². The van der Waals surface area contributed by atoms with Crippen molar-refractivity contribution in [2.75, 3.05) is 6.54 Å². The number of hydrogen-bond donors (Lipinski definition) is 2. The summed E-state index contributed by atoms with van der Waals surface area (Å²) in [5, 5.41) is 3.11. The van der Waals surface area contributed by atoms with Crippen molar-refractivity contribution in [2.45, 2.75) is 57.9 Å². The Hall–Kier alpha value is -0.570. The summed E-state index contributed by atoms with van der Waals surface area (Å²) < 4.78 is 0. The van der Waals surface area contributed by atoms with Crippen LogP contribution in [0.15, 0.2) is 0 Å². The van der Waals surface area contributed by atoms with Gasteiger partial charge in [0, 0.05) is 12.5 Å². The summed E-state index contributed by atoms with van der Waals surface area (Å²) in [6.07, 6.45) is 7.63. The Kier molecular flexibility index (Phi) is 5.69. The van der Waals surface area contributed by atoms with Crippen LogP contribution in [0.5, 0.6) is 0 Å². The summed E-state index contributed by atoms with van der Waals surface area (Å²) in [6.45, 7) is 2.77. The van der Waals surface area contributed by atoms with Gasteiger partial charge in [-0.25, -0.2) is 0 Å². The SMILES string of the molecule is CCCC(CN)CC(=O)NC1CCCC1. The van der Waals surface area contributed by atoms with Crippen LogP contribution < -0.4 is 11.1 Å². The van der Waals surface area contributed by atoms with Gasteiger partial charge in [0.1, 0.15) is 0 Å². The lowest BCUT2D eigenvalue weighted by Crippen LogP contribution is -2.34. The van der Waals surface area contributed by atoms with Crippen molar-refractivity contribution in [3.63, 3.8) is 0 Å². The molecule has 0 spiro atoms. The Balaban J connectivity index is 2.20. The van der Waals surface area contributed by atoms with Gasteiger partial charge in [-0.1, -0.05) is 26.2 Å². The normalized spacial score (nSPS) is 19.1. The third kappa shape index (κ3) is 4.65. The molecule has 0 aromatic heterocycles. The van der Waals surface area contributed by atoms with Crippen molar-refractivity contribution in [3.05, 3.63) is 0 Å². The number of nitrogens with two attached hydrogens (primary N) is 1. The molecular weight excluding hydrogens is 188 g/mol. The van der Waals surface area contributed by atoms with Crippen molar-refractivity contribution in [1.29, 1.82) is 0 Å². The molecule has 0 bridgehead atoms. The van der Waals surface area contributed by atoms with E-state index in [-0.39, 0.29) is 5.91 Å². The zero-order valence-corrected chi connectivity index (χ0v) is 9.80. The second kappa shape index (κ2) is 6.83. The maximum absolute atomic E-state index is 11.7. The van der Waals surface area contributed by atoms with E-state index in [1.54, 1.807) is 0 Å². The summed E-state index contributed by atoms with van der Waals surface area (Å²) in [5.74, 6) is 0.571. The lowest BCUT2D eigenvalue weighted by Gasteiger charge is -2.16. The standard InChI is InChI=1S/C12H24N2O/c1-2-5-10(9-13)8-12(15)14-11-6-3-4-7-11/h10-11H,2-9,13H2,1H3,(H,14,15). The molecular formula is C12H24N2O. The fourth-order valence-corrected chi connectivity index (χ4v) is 2.33. The van der Waals surface area contributed by atoms with Crippen LogP contribution >= 0.6 is 0 Å². The number of carbonyl (C=O) groups excluding carboxylic acids is 1. The molecule has 0 aromatic rings. The predicted molar refractivity (Wildman–Crippen MR) is 62.5 cm³/mol. The van der Waals surface area contributed by atoms with Gasteiger partial charge >= 0.3 is 0 Å². The van der Waals surface area contributed by atoms with Gasteiger partial charge in [-0.3, -0.25) is 4.79 Å². The number of carbonyl (C=O) groups is 1. The van der Waals surface area contributed by atoms with Crippen LogP contribution in [0.25, 0.3) is 0 Å². The van der Waals surface area contributed by atoms with Gasteiger partial charge in [-0.15, -0.1) is 0 Å². The molecule has 1 fully saturated rings. The molecule has 0 heterocycles.